The lowest BCUT2D eigenvalue weighted by atomic mass is 10.0. The number of hydrogen-bond acceptors (Lipinski definition) is 3. The standard InChI is InChI=1S/C16H32N2O/c1-14-11-17(2)13-16(9-10-19)18(12-14)15-7-5-3-4-6-8-15/h14-16,19H,3-13H2,1-2H3. The Hall–Kier alpha value is -0.120. The van der Waals surface area contributed by atoms with Crippen molar-refractivity contribution in [3.05, 3.63) is 0 Å². The second-order valence-corrected chi connectivity index (χ2v) is 6.83. The molecule has 1 aliphatic heterocycles. The van der Waals surface area contributed by atoms with Gasteiger partial charge in [-0.05, 0) is 32.2 Å². The van der Waals surface area contributed by atoms with E-state index in [0.29, 0.717) is 12.6 Å². The van der Waals surface area contributed by atoms with Gasteiger partial charge < -0.3 is 10.0 Å². The van der Waals surface area contributed by atoms with Crippen molar-refractivity contribution >= 4 is 0 Å². The second-order valence-electron chi connectivity index (χ2n) is 6.83. The third-order valence-corrected chi connectivity index (χ3v) is 4.89. The Morgan fingerprint density at radius 1 is 1.00 bits per heavy atom. The van der Waals surface area contributed by atoms with Gasteiger partial charge in [-0.2, -0.15) is 0 Å². The van der Waals surface area contributed by atoms with Crippen LogP contribution >= 0.6 is 0 Å². The fourth-order valence-electron chi connectivity index (χ4n) is 4.08. The summed E-state index contributed by atoms with van der Waals surface area (Å²) in [6.07, 6.45) is 9.33. The van der Waals surface area contributed by atoms with E-state index >= 15 is 0 Å². The molecule has 19 heavy (non-hydrogen) atoms. The fourth-order valence-corrected chi connectivity index (χ4v) is 4.08. The molecule has 2 rings (SSSR count). The van der Waals surface area contributed by atoms with Crippen LogP contribution in [-0.2, 0) is 0 Å². The maximum absolute atomic E-state index is 9.39. The maximum atomic E-state index is 9.39. The van der Waals surface area contributed by atoms with E-state index < -0.39 is 0 Å². The van der Waals surface area contributed by atoms with Crippen molar-refractivity contribution < 1.29 is 5.11 Å². The molecule has 3 heteroatoms. The van der Waals surface area contributed by atoms with Crippen LogP contribution in [0.25, 0.3) is 0 Å². The van der Waals surface area contributed by atoms with Gasteiger partial charge in [-0.25, -0.2) is 0 Å². The SMILES string of the molecule is CC1CN(C)CC(CCO)N(C2CCCCCC2)C1. The van der Waals surface area contributed by atoms with Gasteiger partial charge in [-0.1, -0.05) is 32.6 Å². The summed E-state index contributed by atoms with van der Waals surface area (Å²) in [4.78, 5) is 5.22. The van der Waals surface area contributed by atoms with Gasteiger partial charge in [0, 0.05) is 38.3 Å². The van der Waals surface area contributed by atoms with Gasteiger partial charge in [0.1, 0.15) is 0 Å². The third kappa shape index (κ3) is 4.44. The van der Waals surface area contributed by atoms with Crippen LogP contribution < -0.4 is 0 Å². The molecule has 2 unspecified atom stereocenters. The molecule has 1 heterocycles. The summed E-state index contributed by atoms with van der Waals surface area (Å²) in [5.74, 6) is 0.747. The van der Waals surface area contributed by atoms with Crippen LogP contribution in [0.5, 0.6) is 0 Å². The minimum absolute atomic E-state index is 0.329. The van der Waals surface area contributed by atoms with Crippen LogP contribution in [-0.4, -0.2) is 60.3 Å². The molecule has 1 saturated heterocycles. The van der Waals surface area contributed by atoms with Crippen molar-refractivity contribution in [2.24, 2.45) is 5.92 Å². The second kappa shape index (κ2) is 7.61. The molecule has 2 atom stereocenters. The molecule has 0 bridgehead atoms. The molecule has 0 radical (unpaired) electrons. The highest BCUT2D eigenvalue weighted by Crippen LogP contribution is 2.27. The van der Waals surface area contributed by atoms with Gasteiger partial charge in [0.15, 0.2) is 0 Å². The van der Waals surface area contributed by atoms with Crippen LogP contribution in [0.15, 0.2) is 0 Å². The molecule has 1 N–H and O–H groups in total. The van der Waals surface area contributed by atoms with Crippen LogP contribution in [0.1, 0.15) is 51.9 Å². The average Bonchev–Trinajstić information content (AvgIpc) is 2.69. The highest BCUT2D eigenvalue weighted by Gasteiger charge is 2.31. The van der Waals surface area contributed by atoms with E-state index in [1.807, 2.05) is 0 Å². The monoisotopic (exact) mass is 268 g/mol. The summed E-state index contributed by atoms with van der Waals surface area (Å²) in [5, 5.41) is 9.39. The smallest absolute Gasteiger partial charge is 0.0446 e. The Balaban J connectivity index is 2.06. The summed E-state index contributed by atoms with van der Waals surface area (Å²) in [7, 11) is 2.23. The van der Waals surface area contributed by atoms with E-state index in [1.54, 1.807) is 0 Å². The predicted octanol–water partition coefficient (Wildman–Crippen LogP) is 2.34. The van der Waals surface area contributed by atoms with Gasteiger partial charge in [-0.15, -0.1) is 0 Å². The number of hydrogen-bond donors (Lipinski definition) is 1. The number of aliphatic hydroxyl groups excluding tert-OH is 1. The first-order valence-electron chi connectivity index (χ1n) is 8.26. The molecular weight excluding hydrogens is 236 g/mol. The lowest BCUT2D eigenvalue weighted by molar-refractivity contribution is 0.0920. The zero-order valence-corrected chi connectivity index (χ0v) is 12.9. The number of aliphatic hydroxyl groups is 1. The van der Waals surface area contributed by atoms with Gasteiger partial charge in [-0.3, -0.25) is 4.90 Å². The molecule has 0 amide bonds. The molecule has 112 valence electrons. The minimum Gasteiger partial charge on any atom is -0.396 e. The zero-order chi connectivity index (χ0) is 13.7. The van der Waals surface area contributed by atoms with E-state index in [-0.39, 0.29) is 0 Å². The Morgan fingerprint density at radius 3 is 2.32 bits per heavy atom. The molecule has 1 aliphatic carbocycles. The van der Waals surface area contributed by atoms with Gasteiger partial charge in [0.05, 0.1) is 0 Å². The Labute approximate surface area is 119 Å². The van der Waals surface area contributed by atoms with E-state index in [2.05, 4.69) is 23.8 Å². The van der Waals surface area contributed by atoms with Crippen molar-refractivity contribution in [2.45, 2.75) is 64.0 Å². The minimum atomic E-state index is 0.329. The van der Waals surface area contributed by atoms with Crippen molar-refractivity contribution in [2.75, 3.05) is 33.3 Å². The maximum Gasteiger partial charge on any atom is 0.0446 e. The van der Waals surface area contributed by atoms with Gasteiger partial charge in [0.2, 0.25) is 0 Å². The summed E-state index contributed by atoms with van der Waals surface area (Å²) >= 11 is 0. The van der Waals surface area contributed by atoms with Crippen LogP contribution in [0.3, 0.4) is 0 Å². The molecule has 0 spiro atoms. The summed E-state index contributed by atoms with van der Waals surface area (Å²) in [6, 6.07) is 1.33. The Bertz CT molecular complexity index is 251. The van der Waals surface area contributed by atoms with E-state index in [1.165, 1.54) is 51.6 Å². The molecule has 2 fully saturated rings. The topological polar surface area (TPSA) is 26.7 Å². The van der Waals surface area contributed by atoms with Gasteiger partial charge >= 0.3 is 0 Å². The molecule has 0 aromatic heterocycles. The largest absolute Gasteiger partial charge is 0.396 e. The fraction of sp³-hybridized carbons (Fsp3) is 1.00. The predicted molar refractivity (Wildman–Crippen MR) is 80.3 cm³/mol. The van der Waals surface area contributed by atoms with E-state index in [9.17, 15) is 5.11 Å². The first kappa shape index (κ1) is 15.3. The van der Waals surface area contributed by atoms with Gasteiger partial charge in [0.25, 0.3) is 0 Å². The van der Waals surface area contributed by atoms with Crippen molar-refractivity contribution in [3.8, 4) is 0 Å². The van der Waals surface area contributed by atoms with Crippen molar-refractivity contribution in [1.29, 1.82) is 0 Å². The average molecular weight is 268 g/mol. The Morgan fingerprint density at radius 2 is 1.68 bits per heavy atom. The molecular formula is C16H32N2O. The summed E-state index contributed by atoms with van der Waals surface area (Å²) in [5.41, 5.74) is 0. The summed E-state index contributed by atoms with van der Waals surface area (Å²) < 4.78 is 0. The molecule has 0 aromatic carbocycles. The number of nitrogens with zero attached hydrogens (tertiary/aromatic N) is 2. The third-order valence-electron chi connectivity index (χ3n) is 4.89. The first-order chi connectivity index (χ1) is 9.20. The molecule has 1 saturated carbocycles. The normalized spacial score (nSPS) is 33.0. The molecule has 3 nitrogen and oxygen atoms in total. The van der Waals surface area contributed by atoms with E-state index in [4.69, 9.17) is 0 Å². The first-order valence-corrected chi connectivity index (χ1v) is 8.26. The van der Waals surface area contributed by atoms with Crippen molar-refractivity contribution in [1.82, 2.24) is 9.80 Å². The van der Waals surface area contributed by atoms with Crippen LogP contribution in [0.2, 0.25) is 0 Å². The highest BCUT2D eigenvalue weighted by atomic mass is 16.3. The highest BCUT2D eigenvalue weighted by molar-refractivity contribution is 4.86. The molecule has 2 aliphatic rings. The van der Waals surface area contributed by atoms with Crippen LogP contribution in [0, 0.1) is 5.92 Å². The number of likely N-dealkylation sites (N-methyl/N-ethyl adjacent to an activating group) is 1. The lowest BCUT2D eigenvalue weighted by Crippen LogP contribution is -2.47. The zero-order valence-electron chi connectivity index (χ0n) is 12.9. The molecule has 0 aromatic rings. The van der Waals surface area contributed by atoms with Crippen LogP contribution in [0.4, 0.5) is 0 Å². The summed E-state index contributed by atoms with van der Waals surface area (Å²) in [6.45, 7) is 6.25. The Kier molecular flexibility index (Phi) is 6.11. The number of rotatable bonds is 3. The van der Waals surface area contributed by atoms with E-state index in [0.717, 1.165) is 24.9 Å². The quantitative estimate of drug-likeness (QED) is 0.796. The lowest BCUT2D eigenvalue weighted by Gasteiger charge is -2.37. The van der Waals surface area contributed by atoms with Crippen molar-refractivity contribution in [3.63, 3.8) is 0 Å².